The van der Waals surface area contributed by atoms with Crippen molar-refractivity contribution in [3.05, 3.63) is 54.6 Å². The number of nitrogens with zero attached hydrogens (tertiary/aromatic N) is 1. The Hall–Kier alpha value is -2.42. The van der Waals surface area contributed by atoms with E-state index < -0.39 is 0 Å². The highest BCUT2D eigenvalue weighted by Crippen LogP contribution is 2.36. The topological polar surface area (TPSA) is 52.0 Å². The van der Waals surface area contributed by atoms with Crippen molar-refractivity contribution >= 4 is 16.6 Å². The van der Waals surface area contributed by atoms with Gasteiger partial charge in [-0.15, -0.1) is 0 Å². The first-order valence-electron chi connectivity index (χ1n) is 5.44. The largest absolute Gasteiger partial charge is 0.353 e. The van der Waals surface area contributed by atoms with Gasteiger partial charge in [0.05, 0.1) is 5.69 Å². The second-order valence-electron chi connectivity index (χ2n) is 3.87. The van der Waals surface area contributed by atoms with Gasteiger partial charge >= 0.3 is 0 Å². The van der Waals surface area contributed by atoms with Gasteiger partial charge in [0.15, 0.2) is 0 Å². The molecule has 0 spiro atoms. The summed E-state index contributed by atoms with van der Waals surface area (Å²) in [6.45, 7) is 0. The highest BCUT2D eigenvalue weighted by molar-refractivity contribution is 5.99. The van der Waals surface area contributed by atoms with Gasteiger partial charge in [-0.2, -0.15) is 5.11 Å². The number of benzene rings is 2. The van der Waals surface area contributed by atoms with Gasteiger partial charge in [-0.1, -0.05) is 48.5 Å². The summed E-state index contributed by atoms with van der Waals surface area (Å²) < 4.78 is 0. The number of rotatable bonds is 2. The Bertz CT molecular complexity index is 668. The predicted molar refractivity (Wildman–Crippen MR) is 68.5 cm³/mol. The third-order valence-electron chi connectivity index (χ3n) is 2.85. The molecule has 0 aliphatic carbocycles. The molecule has 3 rings (SSSR count). The Kier molecular flexibility index (Phi) is 2.22. The zero-order valence-electron chi connectivity index (χ0n) is 9.14. The molecular weight excluding hydrogens is 210 g/mol. The first-order chi connectivity index (χ1) is 8.40. The van der Waals surface area contributed by atoms with Crippen molar-refractivity contribution in [3.63, 3.8) is 0 Å². The van der Waals surface area contributed by atoms with E-state index in [9.17, 15) is 0 Å². The SMILES string of the molecule is N=Nc1c(-c2ccccc2)[nH]c2ccccc12. The first kappa shape index (κ1) is 9.78. The molecule has 0 aliphatic heterocycles. The van der Waals surface area contributed by atoms with Crippen molar-refractivity contribution in [2.75, 3.05) is 0 Å². The molecule has 2 aromatic carbocycles. The molecule has 3 nitrogen and oxygen atoms in total. The Labute approximate surface area is 98.6 Å². The number of hydrogen-bond donors (Lipinski definition) is 2. The molecule has 0 amide bonds. The maximum Gasteiger partial charge on any atom is 0.118 e. The Balaban J connectivity index is 2.33. The van der Waals surface area contributed by atoms with Crippen molar-refractivity contribution in [2.45, 2.75) is 0 Å². The van der Waals surface area contributed by atoms with Crippen molar-refractivity contribution in [2.24, 2.45) is 5.11 Å². The third kappa shape index (κ3) is 1.52. The smallest absolute Gasteiger partial charge is 0.118 e. The number of fused-ring (bicyclic) bond motifs is 1. The van der Waals surface area contributed by atoms with E-state index in [0.717, 1.165) is 22.2 Å². The molecule has 3 heteroatoms. The predicted octanol–water partition coefficient (Wildman–Crippen LogP) is 4.50. The van der Waals surface area contributed by atoms with Crippen LogP contribution in [0.2, 0.25) is 0 Å². The zero-order chi connectivity index (χ0) is 11.7. The van der Waals surface area contributed by atoms with Gasteiger partial charge in [-0.3, -0.25) is 0 Å². The maximum atomic E-state index is 7.34. The van der Waals surface area contributed by atoms with Crippen LogP contribution >= 0.6 is 0 Å². The molecule has 2 N–H and O–H groups in total. The minimum atomic E-state index is 0.701. The fourth-order valence-electron chi connectivity index (χ4n) is 2.06. The Morgan fingerprint density at radius 2 is 1.59 bits per heavy atom. The Morgan fingerprint density at radius 3 is 2.35 bits per heavy atom. The minimum Gasteiger partial charge on any atom is -0.353 e. The molecule has 3 aromatic rings. The molecule has 0 saturated carbocycles. The van der Waals surface area contributed by atoms with E-state index in [4.69, 9.17) is 5.53 Å². The summed E-state index contributed by atoms with van der Waals surface area (Å²) in [7, 11) is 0. The highest BCUT2D eigenvalue weighted by Gasteiger charge is 2.11. The van der Waals surface area contributed by atoms with Crippen LogP contribution in [0.3, 0.4) is 0 Å². The maximum absolute atomic E-state index is 7.34. The summed E-state index contributed by atoms with van der Waals surface area (Å²) in [6.07, 6.45) is 0. The molecule has 0 fully saturated rings. The number of nitrogens with one attached hydrogen (secondary N) is 2. The molecule has 0 saturated heterocycles. The number of H-pyrrole nitrogens is 1. The lowest BCUT2D eigenvalue weighted by atomic mass is 10.1. The normalized spacial score (nSPS) is 10.6. The van der Waals surface area contributed by atoms with Crippen LogP contribution in [0, 0.1) is 5.53 Å². The lowest BCUT2D eigenvalue weighted by Crippen LogP contribution is -1.75. The van der Waals surface area contributed by atoms with E-state index in [0.29, 0.717) is 5.69 Å². The van der Waals surface area contributed by atoms with Gasteiger partial charge in [-0.25, -0.2) is 5.53 Å². The quantitative estimate of drug-likeness (QED) is 0.599. The second kappa shape index (κ2) is 3.87. The van der Waals surface area contributed by atoms with Crippen LogP contribution in [0.15, 0.2) is 59.7 Å². The van der Waals surface area contributed by atoms with Gasteiger partial charge in [0, 0.05) is 16.5 Å². The van der Waals surface area contributed by atoms with Crippen LogP contribution in [0.4, 0.5) is 5.69 Å². The third-order valence-corrected chi connectivity index (χ3v) is 2.85. The van der Waals surface area contributed by atoms with Crippen LogP contribution in [0.5, 0.6) is 0 Å². The number of para-hydroxylation sites is 1. The number of aromatic nitrogens is 1. The van der Waals surface area contributed by atoms with Gasteiger partial charge in [0.25, 0.3) is 0 Å². The van der Waals surface area contributed by atoms with Gasteiger partial charge in [-0.05, 0) is 6.07 Å². The summed E-state index contributed by atoms with van der Waals surface area (Å²) in [4.78, 5) is 3.32. The molecular formula is C14H11N3. The molecule has 0 atom stereocenters. The summed E-state index contributed by atoms with van der Waals surface area (Å²) in [5, 5.41) is 4.64. The van der Waals surface area contributed by atoms with Crippen LogP contribution in [-0.2, 0) is 0 Å². The monoisotopic (exact) mass is 221 g/mol. The Morgan fingerprint density at radius 1 is 0.882 bits per heavy atom. The molecule has 82 valence electrons. The van der Waals surface area contributed by atoms with Gasteiger partial charge in [0.1, 0.15) is 5.69 Å². The van der Waals surface area contributed by atoms with Crippen LogP contribution in [0.1, 0.15) is 0 Å². The molecule has 0 radical (unpaired) electrons. The van der Waals surface area contributed by atoms with E-state index >= 15 is 0 Å². The van der Waals surface area contributed by atoms with E-state index in [1.807, 2.05) is 54.6 Å². The summed E-state index contributed by atoms with van der Waals surface area (Å²) in [6, 6.07) is 17.9. The van der Waals surface area contributed by atoms with E-state index in [-0.39, 0.29) is 0 Å². The molecule has 0 aliphatic rings. The minimum absolute atomic E-state index is 0.701. The van der Waals surface area contributed by atoms with Crippen LogP contribution in [-0.4, -0.2) is 4.98 Å². The fourth-order valence-corrected chi connectivity index (χ4v) is 2.06. The second-order valence-corrected chi connectivity index (χ2v) is 3.87. The molecule has 1 heterocycles. The van der Waals surface area contributed by atoms with Gasteiger partial charge in [0.2, 0.25) is 0 Å². The van der Waals surface area contributed by atoms with E-state index in [2.05, 4.69) is 10.1 Å². The molecule has 0 bridgehead atoms. The lowest BCUT2D eigenvalue weighted by Gasteiger charge is -1.98. The van der Waals surface area contributed by atoms with Crippen LogP contribution in [0.25, 0.3) is 22.2 Å². The summed E-state index contributed by atoms with van der Waals surface area (Å²) in [5.41, 5.74) is 11.0. The molecule has 17 heavy (non-hydrogen) atoms. The highest BCUT2D eigenvalue weighted by atomic mass is 15.0. The van der Waals surface area contributed by atoms with E-state index in [1.54, 1.807) is 0 Å². The zero-order valence-corrected chi connectivity index (χ0v) is 9.14. The average molecular weight is 221 g/mol. The first-order valence-corrected chi connectivity index (χ1v) is 5.44. The van der Waals surface area contributed by atoms with Crippen molar-refractivity contribution in [1.29, 1.82) is 5.53 Å². The van der Waals surface area contributed by atoms with E-state index in [1.165, 1.54) is 0 Å². The van der Waals surface area contributed by atoms with Crippen LogP contribution < -0.4 is 0 Å². The lowest BCUT2D eigenvalue weighted by molar-refractivity contribution is 1.16. The molecule has 1 aromatic heterocycles. The summed E-state index contributed by atoms with van der Waals surface area (Å²) in [5.74, 6) is 0. The number of hydrogen-bond acceptors (Lipinski definition) is 2. The number of aromatic amines is 1. The molecule has 0 unspecified atom stereocenters. The van der Waals surface area contributed by atoms with Crippen molar-refractivity contribution in [3.8, 4) is 11.3 Å². The standard InChI is InChI=1S/C14H11N3/c15-17-14-11-8-4-5-9-12(11)16-13(14)10-6-2-1-3-7-10/h1-9,15-16H. The average Bonchev–Trinajstić information content (AvgIpc) is 2.78. The van der Waals surface area contributed by atoms with Crippen molar-refractivity contribution in [1.82, 2.24) is 4.98 Å². The fraction of sp³-hybridized carbons (Fsp3) is 0. The van der Waals surface area contributed by atoms with Gasteiger partial charge < -0.3 is 4.98 Å². The summed E-state index contributed by atoms with van der Waals surface area (Å²) >= 11 is 0. The van der Waals surface area contributed by atoms with Crippen molar-refractivity contribution < 1.29 is 0 Å².